The Balaban J connectivity index is 1.68. The van der Waals surface area contributed by atoms with Crippen molar-refractivity contribution in [2.24, 2.45) is 5.92 Å². The van der Waals surface area contributed by atoms with Crippen LogP contribution in [-0.4, -0.2) is 37.2 Å². The molecule has 1 saturated heterocycles. The predicted octanol–water partition coefficient (Wildman–Crippen LogP) is 4.01. The number of carbonyl (C=O) groups excluding carboxylic acids is 1. The Kier molecular flexibility index (Phi) is 5.59. The van der Waals surface area contributed by atoms with Crippen LogP contribution in [0.5, 0.6) is 5.75 Å². The molecule has 3 rings (SSSR count). The lowest BCUT2D eigenvalue weighted by atomic mass is 9.98. The lowest BCUT2D eigenvalue weighted by Gasteiger charge is -2.37. The molecule has 1 atom stereocenters. The average molecular weight is 341 g/mol. The number of methoxy groups -OCH3 is 1. The number of nitrogens with zero attached hydrogens (tertiary/aromatic N) is 1. The summed E-state index contributed by atoms with van der Waals surface area (Å²) < 4.78 is 10.9. The van der Waals surface area contributed by atoms with Crippen LogP contribution in [0.25, 0.3) is 10.8 Å². The van der Waals surface area contributed by atoms with Crippen molar-refractivity contribution in [1.29, 1.82) is 0 Å². The zero-order valence-corrected chi connectivity index (χ0v) is 15.3. The highest BCUT2D eigenvalue weighted by atomic mass is 16.5. The van der Waals surface area contributed by atoms with Gasteiger partial charge in [0.25, 0.3) is 0 Å². The highest BCUT2D eigenvalue weighted by molar-refractivity contribution is 5.88. The molecule has 2 aromatic rings. The van der Waals surface area contributed by atoms with Gasteiger partial charge < -0.3 is 9.47 Å². The molecule has 0 aromatic heterocycles. The number of hydrogen-bond acceptors (Lipinski definition) is 4. The van der Waals surface area contributed by atoms with E-state index in [0.717, 1.165) is 43.6 Å². The third-order valence-electron chi connectivity index (χ3n) is 4.83. The summed E-state index contributed by atoms with van der Waals surface area (Å²) in [6.45, 7) is 6.72. The van der Waals surface area contributed by atoms with Gasteiger partial charge in [0, 0.05) is 25.0 Å². The molecule has 0 bridgehead atoms. The van der Waals surface area contributed by atoms with Crippen LogP contribution in [-0.2, 0) is 16.1 Å². The molecule has 2 aromatic carbocycles. The summed E-state index contributed by atoms with van der Waals surface area (Å²) in [5.74, 6) is 0.892. The van der Waals surface area contributed by atoms with E-state index in [1.165, 1.54) is 18.1 Å². The van der Waals surface area contributed by atoms with Crippen LogP contribution in [0.2, 0.25) is 0 Å². The summed E-state index contributed by atoms with van der Waals surface area (Å²) in [5.41, 5.74) is 1.26. The molecule has 1 fully saturated rings. The number of esters is 1. The van der Waals surface area contributed by atoms with Crippen LogP contribution in [0.4, 0.5) is 0 Å². The number of ether oxygens (including phenoxy) is 2. The first kappa shape index (κ1) is 17.7. The van der Waals surface area contributed by atoms with Gasteiger partial charge in [-0.25, -0.2) is 0 Å². The number of hydrogen-bond donors (Lipinski definition) is 0. The van der Waals surface area contributed by atoms with Crippen LogP contribution in [0.15, 0.2) is 36.4 Å². The summed E-state index contributed by atoms with van der Waals surface area (Å²) in [5, 5.41) is 2.36. The zero-order valence-electron chi connectivity index (χ0n) is 15.3. The Morgan fingerprint density at radius 2 is 2.08 bits per heavy atom. The van der Waals surface area contributed by atoms with Crippen LogP contribution in [0.1, 0.15) is 32.3 Å². The number of likely N-dealkylation sites (tertiary alicyclic amines) is 1. The van der Waals surface area contributed by atoms with E-state index in [2.05, 4.69) is 49.1 Å². The van der Waals surface area contributed by atoms with Crippen molar-refractivity contribution >= 4 is 16.7 Å². The lowest BCUT2D eigenvalue weighted by Crippen LogP contribution is -2.49. The smallest absolute Gasteiger partial charge is 0.311 e. The van der Waals surface area contributed by atoms with Crippen molar-refractivity contribution < 1.29 is 14.3 Å². The molecule has 0 saturated carbocycles. The van der Waals surface area contributed by atoms with Gasteiger partial charge in [0.15, 0.2) is 0 Å². The first-order valence-corrected chi connectivity index (χ1v) is 9.09. The van der Waals surface area contributed by atoms with E-state index in [1.54, 1.807) is 0 Å². The van der Waals surface area contributed by atoms with Crippen molar-refractivity contribution in [3.63, 3.8) is 0 Å². The van der Waals surface area contributed by atoms with Gasteiger partial charge in [-0.15, -0.1) is 0 Å². The molecule has 134 valence electrons. The van der Waals surface area contributed by atoms with Gasteiger partial charge in [-0.05, 0) is 36.4 Å². The fourth-order valence-corrected chi connectivity index (χ4v) is 3.46. The van der Waals surface area contributed by atoms with E-state index in [0.29, 0.717) is 0 Å². The van der Waals surface area contributed by atoms with Crippen molar-refractivity contribution in [3.05, 3.63) is 42.0 Å². The molecular formula is C21H27NO3. The Morgan fingerprint density at radius 3 is 2.80 bits per heavy atom. The minimum Gasteiger partial charge on any atom is -0.490 e. The van der Waals surface area contributed by atoms with E-state index in [4.69, 9.17) is 9.47 Å². The van der Waals surface area contributed by atoms with E-state index < -0.39 is 0 Å². The van der Waals surface area contributed by atoms with Crippen LogP contribution >= 0.6 is 0 Å². The minimum absolute atomic E-state index is 0.0329. The van der Waals surface area contributed by atoms with Crippen molar-refractivity contribution in [1.82, 2.24) is 4.90 Å². The van der Waals surface area contributed by atoms with E-state index >= 15 is 0 Å². The minimum atomic E-state index is -0.0993. The van der Waals surface area contributed by atoms with Crippen molar-refractivity contribution in [3.8, 4) is 5.75 Å². The lowest BCUT2D eigenvalue weighted by molar-refractivity contribution is -0.151. The quantitative estimate of drug-likeness (QED) is 0.713. The summed E-state index contributed by atoms with van der Waals surface area (Å²) in [6.07, 6.45) is 2.41. The second-order valence-electron chi connectivity index (χ2n) is 6.94. The Hall–Kier alpha value is -2.07. The number of benzene rings is 2. The second-order valence-corrected chi connectivity index (χ2v) is 6.94. The normalized spacial score (nSPS) is 16.4. The number of carbonyl (C=O) groups is 1. The first-order chi connectivity index (χ1) is 12.1. The molecule has 25 heavy (non-hydrogen) atoms. The molecule has 4 nitrogen and oxygen atoms in total. The maximum absolute atomic E-state index is 11.5. The van der Waals surface area contributed by atoms with E-state index in [9.17, 15) is 4.79 Å². The van der Waals surface area contributed by atoms with Crippen molar-refractivity contribution in [2.75, 3.05) is 20.2 Å². The van der Waals surface area contributed by atoms with Gasteiger partial charge in [0.1, 0.15) is 5.75 Å². The maximum atomic E-state index is 11.5. The molecule has 0 aliphatic carbocycles. The largest absolute Gasteiger partial charge is 0.490 e. The molecule has 0 N–H and O–H groups in total. The Bertz CT molecular complexity index is 737. The Morgan fingerprint density at radius 1 is 1.28 bits per heavy atom. The molecule has 4 heteroatoms. The summed E-state index contributed by atoms with van der Waals surface area (Å²) >= 11 is 0. The molecule has 1 aliphatic rings. The van der Waals surface area contributed by atoms with Crippen LogP contribution in [0.3, 0.4) is 0 Å². The fourth-order valence-electron chi connectivity index (χ4n) is 3.46. The highest BCUT2D eigenvalue weighted by Gasteiger charge is 2.33. The van der Waals surface area contributed by atoms with E-state index in [-0.39, 0.29) is 18.0 Å². The molecule has 1 heterocycles. The number of fused-ring (bicyclic) bond motifs is 1. The van der Waals surface area contributed by atoms with Crippen LogP contribution < -0.4 is 4.74 Å². The molecule has 0 spiro atoms. The molecule has 0 radical (unpaired) electrons. The molecule has 1 aliphatic heterocycles. The van der Waals surface area contributed by atoms with Gasteiger partial charge in [-0.3, -0.25) is 9.69 Å². The van der Waals surface area contributed by atoms with Gasteiger partial charge >= 0.3 is 5.97 Å². The Labute approximate surface area is 149 Å². The molecule has 0 amide bonds. The van der Waals surface area contributed by atoms with Crippen molar-refractivity contribution in [2.45, 2.75) is 39.3 Å². The second kappa shape index (κ2) is 7.87. The summed E-state index contributed by atoms with van der Waals surface area (Å²) in [6, 6.07) is 12.8. The summed E-state index contributed by atoms with van der Waals surface area (Å²) in [4.78, 5) is 13.7. The van der Waals surface area contributed by atoms with Crippen LogP contribution in [0, 0.1) is 5.92 Å². The monoisotopic (exact) mass is 341 g/mol. The molecule has 1 unspecified atom stereocenters. The SMILES string of the molecule is CCCC(C)Oc1cccc2cc(CN3CC(C(=O)OC)C3)ccc12. The predicted molar refractivity (Wildman–Crippen MR) is 99.7 cm³/mol. The van der Waals surface area contributed by atoms with Gasteiger partial charge in [0.05, 0.1) is 19.1 Å². The maximum Gasteiger partial charge on any atom is 0.311 e. The highest BCUT2D eigenvalue weighted by Crippen LogP contribution is 2.29. The topological polar surface area (TPSA) is 38.8 Å². The van der Waals surface area contributed by atoms with E-state index in [1.807, 2.05) is 6.07 Å². The average Bonchev–Trinajstić information content (AvgIpc) is 2.57. The third kappa shape index (κ3) is 4.13. The van der Waals surface area contributed by atoms with Gasteiger partial charge in [-0.2, -0.15) is 0 Å². The zero-order chi connectivity index (χ0) is 17.8. The fraction of sp³-hybridized carbons (Fsp3) is 0.476. The van der Waals surface area contributed by atoms with Gasteiger partial charge in [0.2, 0.25) is 0 Å². The molecular weight excluding hydrogens is 314 g/mol. The van der Waals surface area contributed by atoms with Gasteiger partial charge in [-0.1, -0.05) is 37.6 Å². The first-order valence-electron chi connectivity index (χ1n) is 9.09. The number of rotatable bonds is 7. The summed E-state index contributed by atoms with van der Waals surface area (Å²) in [7, 11) is 1.45. The standard InChI is InChI=1S/C21H27NO3/c1-4-6-15(2)25-20-8-5-7-17-11-16(9-10-19(17)20)12-22-13-18(14-22)21(23)24-3/h5,7-11,15,18H,4,6,12-14H2,1-3H3. The third-order valence-corrected chi connectivity index (χ3v) is 4.83.